The van der Waals surface area contributed by atoms with E-state index in [9.17, 15) is 0 Å². The van der Waals surface area contributed by atoms with Gasteiger partial charge in [-0.05, 0) is 18.3 Å². The van der Waals surface area contributed by atoms with Crippen molar-refractivity contribution in [2.75, 3.05) is 25.6 Å². The van der Waals surface area contributed by atoms with Gasteiger partial charge in [0.05, 0.1) is 12.7 Å². The molecule has 1 heterocycles. The molecule has 64 valence electrons. The summed E-state index contributed by atoms with van der Waals surface area (Å²) < 4.78 is 5.56. The average molecular weight is 176 g/mol. The third-order valence-corrected chi connectivity index (χ3v) is 2.78. The molecule has 2 rings (SSSR count). The fraction of sp³-hybridized carbons (Fsp3) is 1.00. The van der Waals surface area contributed by atoms with Crippen LogP contribution in [-0.4, -0.2) is 31.7 Å². The van der Waals surface area contributed by atoms with Gasteiger partial charge in [-0.1, -0.05) is 0 Å². The van der Waals surface area contributed by atoms with Crippen molar-refractivity contribution in [3.63, 3.8) is 0 Å². The summed E-state index contributed by atoms with van der Waals surface area (Å²) >= 11 is 5.53. The van der Waals surface area contributed by atoms with E-state index in [-0.39, 0.29) is 0 Å². The van der Waals surface area contributed by atoms with Crippen LogP contribution in [0.4, 0.5) is 0 Å². The molecule has 0 radical (unpaired) electrons. The lowest BCUT2D eigenvalue weighted by atomic mass is 10.2. The zero-order valence-electron chi connectivity index (χ0n) is 6.55. The Bertz CT molecular complexity index is 142. The van der Waals surface area contributed by atoms with E-state index >= 15 is 0 Å². The molecule has 0 bridgehead atoms. The Morgan fingerprint density at radius 3 is 3.00 bits per heavy atom. The monoisotopic (exact) mass is 175 g/mol. The highest BCUT2D eigenvalue weighted by molar-refractivity contribution is 6.18. The fourth-order valence-electron chi connectivity index (χ4n) is 1.81. The van der Waals surface area contributed by atoms with E-state index in [1.807, 2.05) is 0 Å². The van der Waals surface area contributed by atoms with Crippen LogP contribution in [0.2, 0.25) is 0 Å². The van der Waals surface area contributed by atoms with Crippen LogP contribution in [-0.2, 0) is 4.74 Å². The minimum absolute atomic E-state index is 0.489. The average Bonchev–Trinajstić information content (AvgIpc) is 2.70. The molecule has 1 aliphatic carbocycles. The predicted molar refractivity (Wildman–Crippen MR) is 44.9 cm³/mol. The van der Waals surface area contributed by atoms with Crippen LogP contribution < -0.4 is 5.32 Å². The molecule has 0 aromatic carbocycles. The van der Waals surface area contributed by atoms with Crippen LogP contribution in [0.25, 0.3) is 0 Å². The van der Waals surface area contributed by atoms with Crippen molar-refractivity contribution in [2.45, 2.75) is 12.5 Å². The van der Waals surface area contributed by atoms with Crippen LogP contribution in [0.5, 0.6) is 0 Å². The van der Waals surface area contributed by atoms with E-state index in [0.29, 0.717) is 12.0 Å². The second kappa shape index (κ2) is 3.30. The molecular weight excluding hydrogens is 162 g/mol. The molecule has 1 saturated heterocycles. The van der Waals surface area contributed by atoms with Crippen LogP contribution in [0.3, 0.4) is 0 Å². The number of fused-ring (bicyclic) bond motifs is 1. The highest BCUT2D eigenvalue weighted by Crippen LogP contribution is 2.47. The maximum atomic E-state index is 5.56. The molecule has 2 fully saturated rings. The van der Waals surface area contributed by atoms with Gasteiger partial charge in [-0.2, -0.15) is 0 Å². The van der Waals surface area contributed by atoms with Gasteiger partial charge < -0.3 is 10.1 Å². The van der Waals surface area contributed by atoms with Gasteiger partial charge in [-0.15, -0.1) is 11.6 Å². The maximum Gasteiger partial charge on any atom is 0.0731 e. The lowest BCUT2D eigenvalue weighted by Gasteiger charge is -2.12. The van der Waals surface area contributed by atoms with E-state index in [1.165, 1.54) is 6.42 Å². The Morgan fingerprint density at radius 1 is 1.55 bits per heavy atom. The second-order valence-corrected chi connectivity index (χ2v) is 3.80. The third kappa shape index (κ3) is 1.68. The molecule has 1 aliphatic heterocycles. The number of hydrogen-bond acceptors (Lipinski definition) is 2. The van der Waals surface area contributed by atoms with E-state index in [1.54, 1.807) is 0 Å². The van der Waals surface area contributed by atoms with E-state index < -0.39 is 0 Å². The molecule has 2 nitrogen and oxygen atoms in total. The topological polar surface area (TPSA) is 21.3 Å². The summed E-state index contributed by atoms with van der Waals surface area (Å²) in [6, 6.07) is 0. The third-order valence-electron chi connectivity index (χ3n) is 2.60. The fourth-order valence-corrected chi connectivity index (χ4v) is 1.94. The summed E-state index contributed by atoms with van der Waals surface area (Å²) in [7, 11) is 0. The zero-order chi connectivity index (χ0) is 7.68. The first-order valence-electron chi connectivity index (χ1n) is 4.30. The second-order valence-electron chi connectivity index (χ2n) is 3.42. The van der Waals surface area contributed by atoms with Crippen LogP contribution >= 0.6 is 11.6 Å². The molecule has 1 unspecified atom stereocenters. The molecule has 1 saturated carbocycles. The molecule has 2 aliphatic rings. The van der Waals surface area contributed by atoms with Crippen molar-refractivity contribution in [1.82, 2.24) is 5.32 Å². The summed E-state index contributed by atoms with van der Waals surface area (Å²) in [4.78, 5) is 0. The molecule has 3 atom stereocenters. The Labute approximate surface area is 72.2 Å². The Morgan fingerprint density at radius 2 is 2.45 bits per heavy atom. The largest absolute Gasteiger partial charge is 0.376 e. The van der Waals surface area contributed by atoms with Gasteiger partial charge in [0, 0.05) is 19.0 Å². The number of ether oxygens (including phenoxy) is 1. The minimum Gasteiger partial charge on any atom is -0.376 e. The van der Waals surface area contributed by atoms with Gasteiger partial charge in [0.2, 0.25) is 0 Å². The highest BCUT2D eigenvalue weighted by atomic mass is 35.5. The number of rotatable bonds is 4. The lowest BCUT2D eigenvalue weighted by molar-refractivity contribution is 0.0798. The summed E-state index contributed by atoms with van der Waals surface area (Å²) in [5.41, 5.74) is 0. The SMILES string of the molecule is ClCCNC[C@H]1OC[C@@H]2CC21. The van der Waals surface area contributed by atoms with Gasteiger partial charge in [-0.3, -0.25) is 0 Å². The standard InChI is InChI=1S/C8H14ClNO/c9-1-2-10-4-8-7-3-6(7)5-11-8/h6-8,10H,1-5H2/t6-,7?,8+/m0/s1. The van der Waals surface area contributed by atoms with Crippen molar-refractivity contribution in [2.24, 2.45) is 11.8 Å². The number of hydrogen-bond donors (Lipinski definition) is 1. The van der Waals surface area contributed by atoms with Crippen molar-refractivity contribution in [1.29, 1.82) is 0 Å². The first-order chi connectivity index (χ1) is 5.42. The number of nitrogens with one attached hydrogen (secondary N) is 1. The Kier molecular flexibility index (Phi) is 2.35. The van der Waals surface area contributed by atoms with Crippen LogP contribution in [0.15, 0.2) is 0 Å². The van der Waals surface area contributed by atoms with E-state index in [0.717, 1.165) is 31.5 Å². The van der Waals surface area contributed by atoms with Gasteiger partial charge in [0.1, 0.15) is 0 Å². The van der Waals surface area contributed by atoms with E-state index in [2.05, 4.69) is 5.32 Å². The van der Waals surface area contributed by atoms with Crippen molar-refractivity contribution in [3.8, 4) is 0 Å². The summed E-state index contributed by atoms with van der Waals surface area (Å²) in [6.07, 6.45) is 1.89. The molecule has 0 spiro atoms. The number of halogens is 1. The summed E-state index contributed by atoms with van der Waals surface area (Å²) in [5.74, 6) is 2.47. The Hall–Kier alpha value is 0.210. The van der Waals surface area contributed by atoms with Gasteiger partial charge >= 0.3 is 0 Å². The smallest absolute Gasteiger partial charge is 0.0731 e. The zero-order valence-corrected chi connectivity index (χ0v) is 7.31. The van der Waals surface area contributed by atoms with E-state index in [4.69, 9.17) is 16.3 Å². The first-order valence-corrected chi connectivity index (χ1v) is 4.83. The van der Waals surface area contributed by atoms with Crippen molar-refractivity contribution < 1.29 is 4.74 Å². The molecule has 11 heavy (non-hydrogen) atoms. The molecule has 0 aromatic rings. The van der Waals surface area contributed by atoms with Crippen molar-refractivity contribution in [3.05, 3.63) is 0 Å². The number of alkyl halides is 1. The Balaban J connectivity index is 1.63. The quantitative estimate of drug-likeness (QED) is 0.506. The van der Waals surface area contributed by atoms with Crippen molar-refractivity contribution >= 4 is 11.6 Å². The first kappa shape index (κ1) is 7.84. The van der Waals surface area contributed by atoms with Crippen LogP contribution in [0.1, 0.15) is 6.42 Å². The molecule has 0 aromatic heterocycles. The van der Waals surface area contributed by atoms with Gasteiger partial charge in [0.15, 0.2) is 0 Å². The molecule has 1 N–H and O–H groups in total. The molecule has 3 heteroatoms. The minimum atomic E-state index is 0.489. The summed E-state index contributed by atoms with van der Waals surface area (Å²) in [5, 5.41) is 3.28. The maximum absolute atomic E-state index is 5.56. The highest BCUT2D eigenvalue weighted by Gasteiger charge is 2.48. The van der Waals surface area contributed by atoms with Gasteiger partial charge in [0.25, 0.3) is 0 Å². The molecule has 0 amide bonds. The van der Waals surface area contributed by atoms with Gasteiger partial charge in [-0.25, -0.2) is 0 Å². The van der Waals surface area contributed by atoms with Crippen LogP contribution in [0, 0.1) is 11.8 Å². The molecular formula is C8H14ClNO. The lowest BCUT2D eigenvalue weighted by Crippen LogP contribution is -2.29. The summed E-state index contributed by atoms with van der Waals surface area (Å²) in [6.45, 7) is 2.89. The predicted octanol–water partition coefficient (Wildman–Crippen LogP) is 0.850. The normalized spacial score (nSPS) is 40.6.